The van der Waals surface area contributed by atoms with E-state index in [1.54, 1.807) is 29.5 Å². The molecule has 0 saturated heterocycles. The summed E-state index contributed by atoms with van der Waals surface area (Å²) < 4.78 is 0. The minimum Gasteiger partial charge on any atom is -0.478 e. The van der Waals surface area contributed by atoms with E-state index in [4.69, 9.17) is 10.8 Å². The lowest BCUT2D eigenvalue weighted by molar-refractivity contribution is 0.0697. The van der Waals surface area contributed by atoms with Gasteiger partial charge in [-0.15, -0.1) is 11.3 Å². The maximum Gasteiger partial charge on any atom is 0.335 e. The molecule has 0 aliphatic carbocycles. The normalized spacial score (nSPS) is 10.3. The summed E-state index contributed by atoms with van der Waals surface area (Å²) >= 11 is 1.58. The summed E-state index contributed by atoms with van der Waals surface area (Å²) in [6.45, 7) is 2.54. The molecule has 0 fully saturated rings. The summed E-state index contributed by atoms with van der Waals surface area (Å²) in [6, 6.07) is 6.90. The number of nitrogens with two attached hydrogens (primary N) is 1. The highest BCUT2D eigenvalue weighted by molar-refractivity contribution is 7.10. The first-order valence-electron chi connectivity index (χ1n) is 5.47. The van der Waals surface area contributed by atoms with Crippen molar-refractivity contribution in [3.05, 3.63) is 45.6 Å². The van der Waals surface area contributed by atoms with Crippen LogP contribution in [0.2, 0.25) is 0 Å². The summed E-state index contributed by atoms with van der Waals surface area (Å²) in [5, 5.41) is 14.1. The molecular formula is C13H14N2O2S. The number of anilines is 2. The second kappa shape index (κ2) is 5.10. The molecule has 1 aromatic carbocycles. The number of rotatable bonds is 4. The predicted octanol–water partition coefficient (Wildman–Crippen LogP) is 2.95. The topological polar surface area (TPSA) is 75.3 Å². The first-order valence-corrected chi connectivity index (χ1v) is 6.35. The number of aryl methyl sites for hydroxylation is 1. The van der Waals surface area contributed by atoms with Crippen molar-refractivity contribution in [1.82, 2.24) is 0 Å². The van der Waals surface area contributed by atoms with Crippen LogP contribution in [0.5, 0.6) is 0 Å². The van der Waals surface area contributed by atoms with Gasteiger partial charge in [0.25, 0.3) is 0 Å². The van der Waals surface area contributed by atoms with Crippen LogP contribution < -0.4 is 11.1 Å². The Labute approximate surface area is 109 Å². The highest BCUT2D eigenvalue weighted by atomic mass is 32.1. The predicted molar refractivity (Wildman–Crippen MR) is 74.2 cm³/mol. The number of carbonyl (C=O) groups is 1. The van der Waals surface area contributed by atoms with Gasteiger partial charge >= 0.3 is 5.97 Å². The van der Waals surface area contributed by atoms with Crippen LogP contribution >= 0.6 is 11.3 Å². The summed E-state index contributed by atoms with van der Waals surface area (Å²) in [5.41, 5.74) is 8.67. The van der Waals surface area contributed by atoms with Gasteiger partial charge in [0.2, 0.25) is 0 Å². The molecule has 94 valence electrons. The second-order valence-electron chi connectivity index (χ2n) is 3.99. The number of benzene rings is 1. The van der Waals surface area contributed by atoms with Crippen molar-refractivity contribution in [1.29, 1.82) is 0 Å². The quantitative estimate of drug-likeness (QED) is 0.792. The van der Waals surface area contributed by atoms with E-state index in [9.17, 15) is 4.79 Å². The van der Waals surface area contributed by atoms with E-state index in [-0.39, 0.29) is 5.56 Å². The molecule has 0 atom stereocenters. The molecule has 2 rings (SSSR count). The Hall–Kier alpha value is -2.01. The number of carboxylic acid groups (broad SMARTS) is 1. The number of carboxylic acids is 1. The van der Waals surface area contributed by atoms with Crippen LogP contribution in [-0.2, 0) is 6.54 Å². The van der Waals surface area contributed by atoms with E-state index in [2.05, 4.69) is 5.32 Å². The van der Waals surface area contributed by atoms with E-state index in [1.807, 2.05) is 18.4 Å². The zero-order valence-electron chi connectivity index (χ0n) is 9.93. The van der Waals surface area contributed by atoms with Gasteiger partial charge in [-0.1, -0.05) is 6.07 Å². The lowest BCUT2D eigenvalue weighted by atomic mass is 10.1. The molecule has 5 heteroatoms. The standard InChI is InChI=1S/C13H14N2O2S/c1-8-2-3-9(13(16)17)6-11(8)15-7-12-10(14)4-5-18-12/h2-6,15H,7,14H2,1H3,(H,16,17). The third kappa shape index (κ3) is 2.62. The molecule has 2 aromatic rings. The molecule has 4 N–H and O–H groups in total. The zero-order chi connectivity index (χ0) is 13.1. The van der Waals surface area contributed by atoms with Crippen molar-refractivity contribution >= 4 is 28.7 Å². The molecule has 0 saturated carbocycles. The molecular weight excluding hydrogens is 248 g/mol. The van der Waals surface area contributed by atoms with E-state index in [1.165, 1.54) is 0 Å². The summed E-state index contributed by atoms with van der Waals surface area (Å²) in [5.74, 6) is -0.923. The third-order valence-electron chi connectivity index (χ3n) is 2.70. The van der Waals surface area contributed by atoms with E-state index < -0.39 is 5.97 Å². The fraction of sp³-hybridized carbons (Fsp3) is 0.154. The Bertz CT molecular complexity index is 578. The Morgan fingerprint density at radius 2 is 2.22 bits per heavy atom. The summed E-state index contributed by atoms with van der Waals surface area (Å²) in [7, 11) is 0. The van der Waals surface area contributed by atoms with Crippen LogP contribution in [0, 0.1) is 6.92 Å². The maximum absolute atomic E-state index is 10.9. The van der Waals surface area contributed by atoms with Gasteiger partial charge in [0, 0.05) is 16.3 Å². The highest BCUT2D eigenvalue weighted by Gasteiger charge is 2.07. The number of aromatic carboxylic acids is 1. The molecule has 0 aliphatic rings. The molecule has 0 spiro atoms. The Balaban J connectivity index is 2.16. The first-order chi connectivity index (χ1) is 8.58. The molecule has 1 heterocycles. The Morgan fingerprint density at radius 3 is 2.83 bits per heavy atom. The number of nitrogen functional groups attached to an aromatic ring is 1. The van der Waals surface area contributed by atoms with Crippen LogP contribution in [0.25, 0.3) is 0 Å². The first kappa shape index (κ1) is 12.4. The van der Waals surface area contributed by atoms with Crippen LogP contribution in [0.1, 0.15) is 20.8 Å². The number of nitrogens with one attached hydrogen (secondary N) is 1. The van der Waals surface area contributed by atoms with Crippen molar-refractivity contribution in [2.24, 2.45) is 0 Å². The van der Waals surface area contributed by atoms with Gasteiger partial charge in [0.05, 0.1) is 12.1 Å². The molecule has 0 bridgehead atoms. The average molecular weight is 262 g/mol. The third-order valence-corrected chi connectivity index (χ3v) is 3.64. The van der Waals surface area contributed by atoms with Gasteiger partial charge in [-0.25, -0.2) is 4.79 Å². The maximum atomic E-state index is 10.9. The van der Waals surface area contributed by atoms with E-state index >= 15 is 0 Å². The molecule has 0 amide bonds. The molecule has 0 aliphatic heterocycles. The Kier molecular flexibility index (Phi) is 3.53. The minimum atomic E-state index is -0.923. The van der Waals surface area contributed by atoms with E-state index in [0.717, 1.165) is 21.8 Å². The SMILES string of the molecule is Cc1ccc(C(=O)O)cc1NCc1sccc1N. The van der Waals surface area contributed by atoms with Gasteiger partial charge in [-0.3, -0.25) is 0 Å². The van der Waals surface area contributed by atoms with Crippen molar-refractivity contribution in [3.63, 3.8) is 0 Å². The number of hydrogen-bond donors (Lipinski definition) is 3. The smallest absolute Gasteiger partial charge is 0.335 e. The van der Waals surface area contributed by atoms with Crippen molar-refractivity contribution in [2.45, 2.75) is 13.5 Å². The summed E-state index contributed by atoms with van der Waals surface area (Å²) in [6.07, 6.45) is 0. The van der Waals surface area contributed by atoms with Gasteiger partial charge in [0.15, 0.2) is 0 Å². The summed E-state index contributed by atoms with van der Waals surface area (Å²) in [4.78, 5) is 12.0. The van der Waals surface area contributed by atoms with Crippen LogP contribution in [0.3, 0.4) is 0 Å². The van der Waals surface area contributed by atoms with Crippen molar-refractivity contribution < 1.29 is 9.90 Å². The zero-order valence-corrected chi connectivity index (χ0v) is 10.8. The van der Waals surface area contributed by atoms with Crippen molar-refractivity contribution in [2.75, 3.05) is 11.1 Å². The van der Waals surface area contributed by atoms with Gasteiger partial charge in [0.1, 0.15) is 0 Å². The number of hydrogen-bond acceptors (Lipinski definition) is 4. The van der Waals surface area contributed by atoms with Crippen LogP contribution in [0.15, 0.2) is 29.6 Å². The van der Waals surface area contributed by atoms with Crippen molar-refractivity contribution in [3.8, 4) is 0 Å². The number of thiophene rings is 1. The minimum absolute atomic E-state index is 0.280. The Morgan fingerprint density at radius 1 is 1.44 bits per heavy atom. The largest absolute Gasteiger partial charge is 0.478 e. The van der Waals surface area contributed by atoms with Gasteiger partial charge < -0.3 is 16.2 Å². The fourth-order valence-corrected chi connectivity index (χ4v) is 2.35. The molecule has 4 nitrogen and oxygen atoms in total. The van der Waals surface area contributed by atoms with Crippen LogP contribution in [0.4, 0.5) is 11.4 Å². The fourth-order valence-electron chi connectivity index (χ4n) is 1.62. The van der Waals surface area contributed by atoms with Gasteiger partial charge in [-0.2, -0.15) is 0 Å². The monoisotopic (exact) mass is 262 g/mol. The lowest BCUT2D eigenvalue weighted by Gasteiger charge is -2.10. The van der Waals surface area contributed by atoms with E-state index in [0.29, 0.717) is 6.54 Å². The highest BCUT2D eigenvalue weighted by Crippen LogP contribution is 2.22. The van der Waals surface area contributed by atoms with Crippen LogP contribution in [-0.4, -0.2) is 11.1 Å². The molecule has 0 radical (unpaired) electrons. The second-order valence-corrected chi connectivity index (χ2v) is 4.99. The molecule has 18 heavy (non-hydrogen) atoms. The lowest BCUT2D eigenvalue weighted by Crippen LogP contribution is -2.04. The molecule has 1 aromatic heterocycles. The average Bonchev–Trinajstić information content (AvgIpc) is 2.73. The molecule has 0 unspecified atom stereocenters. The van der Waals surface area contributed by atoms with Gasteiger partial charge in [-0.05, 0) is 36.1 Å².